The van der Waals surface area contributed by atoms with E-state index in [0.717, 1.165) is 50.8 Å². The van der Waals surface area contributed by atoms with Crippen molar-refractivity contribution in [3.05, 3.63) is 23.9 Å². The zero-order valence-electron chi connectivity index (χ0n) is 14.2. The van der Waals surface area contributed by atoms with E-state index >= 15 is 0 Å². The smallest absolute Gasteiger partial charge is 0.128 e. The van der Waals surface area contributed by atoms with Gasteiger partial charge in [-0.3, -0.25) is 0 Å². The van der Waals surface area contributed by atoms with Crippen molar-refractivity contribution in [2.24, 2.45) is 0 Å². The van der Waals surface area contributed by atoms with Crippen molar-refractivity contribution < 1.29 is 0 Å². The number of hydrogen-bond donors (Lipinski definition) is 1. The van der Waals surface area contributed by atoms with Gasteiger partial charge in [-0.2, -0.15) is 0 Å². The largest absolute Gasteiger partial charge is 0.357 e. The zero-order valence-corrected chi connectivity index (χ0v) is 14.2. The van der Waals surface area contributed by atoms with Crippen molar-refractivity contribution in [1.29, 1.82) is 0 Å². The van der Waals surface area contributed by atoms with Gasteiger partial charge in [0, 0.05) is 19.6 Å². The van der Waals surface area contributed by atoms with Crippen LogP contribution in [0.25, 0.3) is 0 Å². The molecule has 1 heterocycles. The van der Waals surface area contributed by atoms with Crippen LogP contribution in [0.1, 0.15) is 39.8 Å². The Morgan fingerprint density at radius 1 is 1.00 bits per heavy atom. The average Bonchev–Trinajstić information content (AvgIpc) is 2.53. The van der Waals surface area contributed by atoms with E-state index < -0.39 is 0 Å². The van der Waals surface area contributed by atoms with Crippen molar-refractivity contribution >= 4 is 5.82 Å². The fraction of sp³-hybridized carbons (Fsp3) is 0.706. The van der Waals surface area contributed by atoms with Gasteiger partial charge in [-0.15, -0.1) is 0 Å². The van der Waals surface area contributed by atoms with Crippen LogP contribution in [0.2, 0.25) is 0 Å². The molecule has 0 aromatic carbocycles. The number of nitrogens with zero attached hydrogens (tertiary/aromatic N) is 3. The van der Waals surface area contributed by atoms with Crippen LogP contribution in [0.5, 0.6) is 0 Å². The summed E-state index contributed by atoms with van der Waals surface area (Å²) in [5, 5.41) is 3.33. The highest BCUT2D eigenvalue weighted by Crippen LogP contribution is 2.12. The van der Waals surface area contributed by atoms with Crippen molar-refractivity contribution in [3.8, 4) is 0 Å². The first-order valence-corrected chi connectivity index (χ1v) is 8.39. The summed E-state index contributed by atoms with van der Waals surface area (Å²) >= 11 is 0. The van der Waals surface area contributed by atoms with E-state index in [1.165, 1.54) is 13.0 Å². The maximum absolute atomic E-state index is 4.77. The molecule has 0 saturated heterocycles. The first-order valence-electron chi connectivity index (χ1n) is 8.39. The van der Waals surface area contributed by atoms with Gasteiger partial charge < -0.3 is 15.1 Å². The van der Waals surface area contributed by atoms with Gasteiger partial charge in [0.25, 0.3) is 0 Å². The van der Waals surface area contributed by atoms with Gasteiger partial charge >= 0.3 is 0 Å². The summed E-state index contributed by atoms with van der Waals surface area (Å²) in [6.07, 6.45) is 1.19. The SMILES string of the molecule is CCNCc1cccc(N(CC)CCCN(CC)CC)n1. The van der Waals surface area contributed by atoms with E-state index in [1.54, 1.807) is 0 Å². The topological polar surface area (TPSA) is 31.4 Å². The first-order chi connectivity index (χ1) is 10.2. The minimum absolute atomic E-state index is 0.849. The number of nitrogens with one attached hydrogen (secondary N) is 1. The van der Waals surface area contributed by atoms with Crippen LogP contribution in [0, 0.1) is 0 Å². The second kappa shape index (κ2) is 10.6. The molecule has 0 aliphatic rings. The number of hydrogen-bond acceptors (Lipinski definition) is 4. The van der Waals surface area contributed by atoms with Crippen LogP contribution in [0.3, 0.4) is 0 Å². The average molecular weight is 292 g/mol. The maximum atomic E-state index is 4.77. The van der Waals surface area contributed by atoms with Gasteiger partial charge in [-0.05, 0) is 51.7 Å². The molecular weight excluding hydrogens is 260 g/mol. The molecule has 0 amide bonds. The lowest BCUT2D eigenvalue weighted by atomic mass is 10.3. The Morgan fingerprint density at radius 2 is 1.76 bits per heavy atom. The quantitative estimate of drug-likeness (QED) is 0.679. The van der Waals surface area contributed by atoms with Gasteiger partial charge in [0.05, 0.1) is 5.69 Å². The molecule has 1 aromatic heterocycles. The van der Waals surface area contributed by atoms with Gasteiger partial charge in [-0.1, -0.05) is 26.8 Å². The Morgan fingerprint density at radius 3 is 2.38 bits per heavy atom. The molecule has 0 saturated carbocycles. The van der Waals surface area contributed by atoms with Crippen molar-refractivity contribution in [2.45, 2.75) is 40.7 Å². The number of aromatic nitrogens is 1. The predicted octanol–water partition coefficient (Wildman–Crippen LogP) is 2.75. The van der Waals surface area contributed by atoms with Crippen LogP contribution in [0.15, 0.2) is 18.2 Å². The van der Waals surface area contributed by atoms with Crippen LogP contribution in [0.4, 0.5) is 5.82 Å². The summed E-state index contributed by atoms with van der Waals surface area (Å²) in [4.78, 5) is 9.62. The fourth-order valence-electron chi connectivity index (χ4n) is 2.45. The summed E-state index contributed by atoms with van der Waals surface area (Å²) < 4.78 is 0. The molecule has 120 valence electrons. The predicted molar refractivity (Wildman–Crippen MR) is 91.9 cm³/mol. The molecule has 4 nitrogen and oxygen atoms in total. The highest BCUT2D eigenvalue weighted by molar-refractivity contribution is 5.39. The second-order valence-electron chi connectivity index (χ2n) is 5.23. The Hall–Kier alpha value is -1.13. The molecular formula is C17H32N4. The molecule has 0 fully saturated rings. The van der Waals surface area contributed by atoms with Gasteiger partial charge in [-0.25, -0.2) is 4.98 Å². The molecule has 0 aliphatic heterocycles. The van der Waals surface area contributed by atoms with E-state index in [9.17, 15) is 0 Å². The fourth-order valence-corrected chi connectivity index (χ4v) is 2.45. The van der Waals surface area contributed by atoms with Crippen LogP contribution < -0.4 is 10.2 Å². The van der Waals surface area contributed by atoms with Crippen molar-refractivity contribution in [3.63, 3.8) is 0 Å². The van der Waals surface area contributed by atoms with Crippen LogP contribution in [-0.2, 0) is 6.54 Å². The number of anilines is 1. The van der Waals surface area contributed by atoms with E-state index in [0.29, 0.717) is 0 Å². The van der Waals surface area contributed by atoms with Gasteiger partial charge in [0.15, 0.2) is 0 Å². The molecule has 0 bridgehead atoms. The van der Waals surface area contributed by atoms with E-state index in [2.05, 4.69) is 61.0 Å². The lowest BCUT2D eigenvalue weighted by Crippen LogP contribution is -2.30. The Balaban J connectivity index is 2.54. The van der Waals surface area contributed by atoms with Gasteiger partial charge in [0.1, 0.15) is 5.82 Å². The summed E-state index contributed by atoms with van der Waals surface area (Å²) in [6, 6.07) is 6.33. The molecule has 0 unspecified atom stereocenters. The molecule has 1 N–H and O–H groups in total. The third-order valence-corrected chi connectivity index (χ3v) is 3.85. The lowest BCUT2D eigenvalue weighted by molar-refractivity contribution is 0.300. The Bertz CT molecular complexity index is 377. The first kappa shape index (κ1) is 17.9. The normalized spacial score (nSPS) is 11.1. The molecule has 4 heteroatoms. The minimum atomic E-state index is 0.849. The molecule has 0 atom stereocenters. The van der Waals surface area contributed by atoms with E-state index in [4.69, 9.17) is 4.98 Å². The Kier molecular flexibility index (Phi) is 9.02. The third kappa shape index (κ3) is 6.44. The monoisotopic (exact) mass is 292 g/mol. The standard InChI is InChI=1S/C17H32N4/c1-5-18-15-16-11-9-12-17(19-16)21(8-4)14-10-13-20(6-2)7-3/h9,11-12,18H,5-8,10,13-15H2,1-4H3. The molecule has 0 radical (unpaired) electrons. The maximum Gasteiger partial charge on any atom is 0.128 e. The zero-order chi connectivity index (χ0) is 15.5. The Labute approximate surface area is 130 Å². The van der Waals surface area contributed by atoms with Crippen LogP contribution in [-0.4, -0.2) is 49.2 Å². The van der Waals surface area contributed by atoms with Gasteiger partial charge in [0.2, 0.25) is 0 Å². The summed E-state index contributed by atoms with van der Waals surface area (Å²) in [6.45, 7) is 16.1. The highest BCUT2D eigenvalue weighted by atomic mass is 15.2. The number of pyridine rings is 1. The number of rotatable bonds is 11. The third-order valence-electron chi connectivity index (χ3n) is 3.85. The van der Waals surface area contributed by atoms with Crippen molar-refractivity contribution in [2.75, 3.05) is 44.2 Å². The lowest BCUT2D eigenvalue weighted by Gasteiger charge is -2.24. The minimum Gasteiger partial charge on any atom is -0.357 e. The summed E-state index contributed by atoms with van der Waals surface area (Å²) in [7, 11) is 0. The summed E-state index contributed by atoms with van der Waals surface area (Å²) in [5.41, 5.74) is 1.12. The molecule has 0 spiro atoms. The van der Waals surface area contributed by atoms with Crippen molar-refractivity contribution in [1.82, 2.24) is 15.2 Å². The molecule has 1 aromatic rings. The molecule has 1 rings (SSSR count). The summed E-state index contributed by atoms with van der Waals surface area (Å²) in [5.74, 6) is 1.10. The second-order valence-corrected chi connectivity index (χ2v) is 5.23. The highest BCUT2D eigenvalue weighted by Gasteiger charge is 2.07. The van der Waals surface area contributed by atoms with E-state index in [-0.39, 0.29) is 0 Å². The molecule has 0 aliphatic carbocycles. The van der Waals surface area contributed by atoms with E-state index in [1.807, 2.05) is 0 Å². The molecule has 21 heavy (non-hydrogen) atoms. The van der Waals surface area contributed by atoms with Crippen LogP contribution >= 0.6 is 0 Å².